The summed E-state index contributed by atoms with van der Waals surface area (Å²) < 4.78 is 40.6. The molecule has 1 heterocycles. The van der Waals surface area contributed by atoms with Crippen molar-refractivity contribution in [3.63, 3.8) is 0 Å². The molecule has 7 nitrogen and oxygen atoms in total. The van der Waals surface area contributed by atoms with Gasteiger partial charge in [0.05, 0.1) is 0 Å². The van der Waals surface area contributed by atoms with Crippen LogP contribution in [0.3, 0.4) is 0 Å². The number of amides is 2. The Hall–Kier alpha value is -1.71. The van der Waals surface area contributed by atoms with E-state index < -0.39 is 10.2 Å². The zero-order valence-corrected chi connectivity index (χ0v) is 14.7. The number of carbonyl (C=O) groups is 1. The van der Waals surface area contributed by atoms with Gasteiger partial charge in [-0.1, -0.05) is 13.8 Å². The molecule has 1 aliphatic heterocycles. The Morgan fingerprint density at radius 2 is 1.67 bits per heavy atom. The monoisotopic (exact) mass is 358 g/mol. The normalized spacial score (nSPS) is 16.4. The summed E-state index contributed by atoms with van der Waals surface area (Å²) in [4.78, 5) is 13.8. The molecular formula is C15H23FN4O3S. The zero-order valence-electron chi connectivity index (χ0n) is 13.9. The number of anilines is 1. The van der Waals surface area contributed by atoms with E-state index in [2.05, 4.69) is 5.32 Å². The summed E-state index contributed by atoms with van der Waals surface area (Å²) in [5.74, 6) is -0.372. The third-order valence-electron chi connectivity index (χ3n) is 3.98. The third kappa shape index (κ3) is 4.22. The van der Waals surface area contributed by atoms with Crippen LogP contribution < -0.4 is 5.32 Å². The number of carbonyl (C=O) groups excluding carboxylic acids is 1. The van der Waals surface area contributed by atoms with E-state index in [1.807, 2.05) is 0 Å². The first kappa shape index (κ1) is 18.6. The van der Waals surface area contributed by atoms with Crippen LogP contribution in [-0.2, 0) is 10.2 Å². The average Bonchev–Trinajstić information content (AvgIpc) is 2.58. The second kappa shape index (κ2) is 7.91. The Morgan fingerprint density at radius 3 is 2.17 bits per heavy atom. The Morgan fingerprint density at radius 1 is 1.12 bits per heavy atom. The van der Waals surface area contributed by atoms with Crippen LogP contribution in [-0.4, -0.2) is 67.2 Å². The maximum Gasteiger partial charge on any atom is 0.321 e. The van der Waals surface area contributed by atoms with E-state index in [0.29, 0.717) is 31.9 Å². The molecule has 2 amide bonds. The molecule has 24 heavy (non-hydrogen) atoms. The standard InChI is InChI=1S/C15H23FN4O3S/c1-3-19(4-2)24(22,23)20-11-9-18(10-12-20)15(21)17-14-7-5-13(16)6-8-14/h5-8H,3-4,9-12H2,1-2H3,(H,17,21). The van der Waals surface area contributed by atoms with Crippen molar-refractivity contribution < 1.29 is 17.6 Å². The molecule has 1 fully saturated rings. The number of halogens is 1. The lowest BCUT2D eigenvalue weighted by Crippen LogP contribution is -2.54. The van der Waals surface area contributed by atoms with Crippen molar-refractivity contribution in [2.45, 2.75) is 13.8 Å². The van der Waals surface area contributed by atoms with Gasteiger partial charge < -0.3 is 10.2 Å². The molecule has 0 aliphatic carbocycles. The van der Waals surface area contributed by atoms with Gasteiger partial charge in [-0.2, -0.15) is 17.0 Å². The number of rotatable bonds is 5. The molecule has 0 atom stereocenters. The van der Waals surface area contributed by atoms with Crippen molar-refractivity contribution in [2.75, 3.05) is 44.6 Å². The molecule has 1 aliphatic rings. The highest BCUT2D eigenvalue weighted by atomic mass is 32.2. The largest absolute Gasteiger partial charge is 0.322 e. The van der Waals surface area contributed by atoms with Crippen LogP contribution >= 0.6 is 0 Å². The number of hydrogen-bond donors (Lipinski definition) is 1. The third-order valence-corrected chi connectivity index (χ3v) is 6.17. The molecule has 0 aromatic heterocycles. The molecule has 0 unspecified atom stereocenters. The first-order valence-electron chi connectivity index (χ1n) is 7.95. The minimum atomic E-state index is -3.47. The number of benzene rings is 1. The van der Waals surface area contributed by atoms with E-state index in [-0.39, 0.29) is 24.9 Å². The highest BCUT2D eigenvalue weighted by Gasteiger charge is 2.32. The van der Waals surface area contributed by atoms with Gasteiger partial charge in [0, 0.05) is 45.0 Å². The highest BCUT2D eigenvalue weighted by molar-refractivity contribution is 7.86. The number of nitrogens with one attached hydrogen (secondary N) is 1. The molecular weight excluding hydrogens is 335 g/mol. The highest BCUT2D eigenvalue weighted by Crippen LogP contribution is 2.14. The zero-order chi connectivity index (χ0) is 17.7. The molecule has 1 aromatic rings. The quantitative estimate of drug-likeness (QED) is 0.868. The van der Waals surface area contributed by atoms with Gasteiger partial charge in [0.25, 0.3) is 10.2 Å². The van der Waals surface area contributed by atoms with Crippen molar-refractivity contribution in [3.05, 3.63) is 30.1 Å². The molecule has 1 aromatic carbocycles. The van der Waals surface area contributed by atoms with Crippen LogP contribution in [0.4, 0.5) is 14.9 Å². The van der Waals surface area contributed by atoms with Gasteiger partial charge in [-0.3, -0.25) is 0 Å². The van der Waals surface area contributed by atoms with Crippen molar-refractivity contribution in [1.82, 2.24) is 13.5 Å². The SMILES string of the molecule is CCN(CC)S(=O)(=O)N1CCN(C(=O)Nc2ccc(F)cc2)CC1. The molecule has 1 N–H and O–H groups in total. The Balaban J connectivity index is 1.92. The summed E-state index contributed by atoms with van der Waals surface area (Å²) in [5, 5.41) is 2.68. The summed E-state index contributed by atoms with van der Waals surface area (Å²) in [6, 6.07) is 5.18. The molecule has 1 saturated heterocycles. The fraction of sp³-hybridized carbons (Fsp3) is 0.533. The predicted octanol–water partition coefficient (Wildman–Crippen LogP) is 1.56. The van der Waals surface area contributed by atoms with Crippen LogP contribution in [0.15, 0.2) is 24.3 Å². The minimum absolute atomic E-state index is 0.260. The van der Waals surface area contributed by atoms with E-state index in [4.69, 9.17) is 0 Å². The first-order chi connectivity index (χ1) is 11.4. The van der Waals surface area contributed by atoms with Crippen LogP contribution in [0.1, 0.15) is 13.8 Å². The van der Waals surface area contributed by atoms with Crippen molar-refractivity contribution in [2.24, 2.45) is 0 Å². The summed E-state index contributed by atoms with van der Waals surface area (Å²) in [5.41, 5.74) is 0.500. The summed E-state index contributed by atoms with van der Waals surface area (Å²) in [6.07, 6.45) is 0. The van der Waals surface area contributed by atoms with E-state index >= 15 is 0 Å². The van der Waals surface area contributed by atoms with Gasteiger partial charge in [-0.15, -0.1) is 0 Å². The van der Waals surface area contributed by atoms with Gasteiger partial charge in [0.15, 0.2) is 0 Å². The molecule has 134 valence electrons. The van der Waals surface area contributed by atoms with E-state index in [0.717, 1.165) is 0 Å². The van der Waals surface area contributed by atoms with Crippen LogP contribution in [0.5, 0.6) is 0 Å². The molecule has 0 saturated carbocycles. The minimum Gasteiger partial charge on any atom is -0.322 e. The Labute approximate surface area is 142 Å². The van der Waals surface area contributed by atoms with Gasteiger partial charge >= 0.3 is 6.03 Å². The second-order valence-electron chi connectivity index (χ2n) is 5.42. The van der Waals surface area contributed by atoms with Gasteiger partial charge in [0.1, 0.15) is 5.82 Å². The van der Waals surface area contributed by atoms with Gasteiger partial charge in [-0.25, -0.2) is 9.18 Å². The summed E-state index contributed by atoms with van der Waals surface area (Å²) >= 11 is 0. The van der Waals surface area contributed by atoms with Crippen LogP contribution in [0, 0.1) is 5.82 Å². The summed E-state index contributed by atoms with van der Waals surface area (Å²) in [6.45, 7) is 5.58. The fourth-order valence-electron chi connectivity index (χ4n) is 2.57. The van der Waals surface area contributed by atoms with Gasteiger partial charge in [-0.05, 0) is 24.3 Å². The lowest BCUT2D eigenvalue weighted by atomic mass is 10.3. The van der Waals surface area contributed by atoms with Crippen molar-refractivity contribution in [3.8, 4) is 0 Å². The maximum absolute atomic E-state index is 12.9. The van der Waals surface area contributed by atoms with E-state index in [1.165, 1.54) is 32.9 Å². The van der Waals surface area contributed by atoms with Crippen molar-refractivity contribution in [1.29, 1.82) is 0 Å². The number of urea groups is 1. The molecule has 0 radical (unpaired) electrons. The number of nitrogens with zero attached hydrogens (tertiary/aromatic N) is 3. The smallest absolute Gasteiger partial charge is 0.321 e. The first-order valence-corrected chi connectivity index (χ1v) is 9.35. The number of hydrogen-bond acceptors (Lipinski definition) is 3. The molecule has 2 rings (SSSR count). The van der Waals surface area contributed by atoms with Crippen LogP contribution in [0.25, 0.3) is 0 Å². The lowest BCUT2D eigenvalue weighted by Gasteiger charge is -2.36. The number of piperazine rings is 1. The molecule has 0 bridgehead atoms. The molecule has 9 heteroatoms. The fourth-order valence-corrected chi connectivity index (χ4v) is 4.17. The molecule has 0 spiro atoms. The maximum atomic E-state index is 12.9. The van der Waals surface area contributed by atoms with E-state index in [9.17, 15) is 17.6 Å². The topological polar surface area (TPSA) is 73.0 Å². The Kier molecular flexibility index (Phi) is 6.14. The second-order valence-corrected chi connectivity index (χ2v) is 7.34. The van der Waals surface area contributed by atoms with Crippen LogP contribution in [0.2, 0.25) is 0 Å². The van der Waals surface area contributed by atoms with E-state index in [1.54, 1.807) is 18.7 Å². The average molecular weight is 358 g/mol. The van der Waals surface area contributed by atoms with Gasteiger partial charge in [0.2, 0.25) is 0 Å². The predicted molar refractivity (Wildman–Crippen MR) is 90.4 cm³/mol. The lowest BCUT2D eigenvalue weighted by molar-refractivity contribution is 0.181. The van der Waals surface area contributed by atoms with Crippen molar-refractivity contribution >= 4 is 21.9 Å². The Bertz CT molecular complexity index is 654. The summed E-state index contributed by atoms with van der Waals surface area (Å²) in [7, 11) is -3.47.